The molecule has 2 heterocycles. The van der Waals surface area contributed by atoms with E-state index in [1.807, 2.05) is 24.3 Å². The lowest BCUT2D eigenvalue weighted by molar-refractivity contribution is 0.0533. The van der Waals surface area contributed by atoms with Crippen molar-refractivity contribution in [2.45, 2.75) is 0 Å². The number of carbonyl (C=O) groups excluding carboxylic acids is 2. The van der Waals surface area contributed by atoms with E-state index in [2.05, 4.69) is 4.98 Å². The number of thiazole rings is 1. The highest BCUT2D eigenvalue weighted by Gasteiger charge is 2.27. The van der Waals surface area contributed by atoms with Gasteiger partial charge >= 0.3 is 0 Å². The molecular formula is C22H19Cl2N3O3S. The van der Waals surface area contributed by atoms with Crippen molar-refractivity contribution >= 4 is 46.4 Å². The van der Waals surface area contributed by atoms with Gasteiger partial charge in [0, 0.05) is 52.7 Å². The van der Waals surface area contributed by atoms with E-state index in [9.17, 15) is 9.59 Å². The molecule has 0 N–H and O–H groups in total. The summed E-state index contributed by atoms with van der Waals surface area (Å²) in [5.74, 6) is 0.491. The zero-order valence-electron chi connectivity index (χ0n) is 16.7. The predicted molar refractivity (Wildman–Crippen MR) is 122 cm³/mol. The molecule has 0 unspecified atom stereocenters. The number of carbonyl (C=O) groups is 2. The van der Waals surface area contributed by atoms with Crippen LogP contribution in [0.3, 0.4) is 0 Å². The van der Waals surface area contributed by atoms with E-state index in [-0.39, 0.29) is 11.8 Å². The van der Waals surface area contributed by atoms with E-state index in [1.54, 1.807) is 40.5 Å². The van der Waals surface area contributed by atoms with E-state index in [4.69, 9.17) is 27.9 Å². The minimum atomic E-state index is -0.146. The fraction of sp³-hybridized carbons (Fsp3) is 0.227. The smallest absolute Gasteiger partial charge is 0.273 e. The Balaban J connectivity index is 1.39. The Morgan fingerprint density at radius 2 is 1.52 bits per heavy atom. The molecule has 1 aromatic heterocycles. The van der Waals surface area contributed by atoms with Crippen LogP contribution in [-0.4, -0.2) is 59.9 Å². The summed E-state index contributed by atoms with van der Waals surface area (Å²) >= 11 is 13.4. The molecule has 0 atom stereocenters. The van der Waals surface area contributed by atoms with Gasteiger partial charge in [0.25, 0.3) is 11.8 Å². The molecule has 1 aliphatic heterocycles. The van der Waals surface area contributed by atoms with Gasteiger partial charge in [-0.25, -0.2) is 4.98 Å². The quantitative estimate of drug-likeness (QED) is 0.547. The summed E-state index contributed by atoms with van der Waals surface area (Å²) in [5, 5.41) is 3.38. The number of rotatable bonds is 4. The summed E-state index contributed by atoms with van der Waals surface area (Å²) in [6, 6.07) is 12.3. The van der Waals surface area contributed by atoms with Crippen LogP contribution in [0, 0.1) is 0 Å². The molecule has 160 valence electrons. The summed E-state index contributed by atoms with van der Waals surface area (Å²) < 4.78 is 5.17. The first-order valence-electron chi connectivity index (χ1n) is 9.59. The summed E-state index contributed by atoms with van der Waals surface area (Å²) in [5.41, 5.74) is 1.79. The van der Waals surface area contributed by atoms with Crippen molar-refractivity contribution in [3.63, 3.8) is 0 Å². The Bertz CT molecular complexity index is 1090. The molecule has 0 bridgehead atoms. The minimum Gasteiger partial charge on any atom is -0.497 e. The summed E-state index contributed by atoms with van der Waals surface area (Å²) in [6.07, 6.45) is 0. The number of hydrogen-bond donors (Lipinski definition) is 0. The van der Waals surface area contributed by atoms with E-state index >= 15 is 0 Å². The maximum absolute atomic E-state index is 12.9. The normalized spacial score (nSPS) is 13.9. The predicted octanol–water partition coefficient (Wildman–Crippen LogP) is 4.72. The number of nitrogens with zero attached hydrogens (tertiary/aromatic N) is 3. The number of benzene rings is 2. The van der Waals surface area contributed by atoms with E-state index in [0.717, 1.165) is 16.3 Å². The van der Waals surface area contributed by atoms with E-state index < -0.39 is 0 Å². The van der Waals surface area contributed by atoms with Gasteiger partial charge in [0.15, 0.2) is 0 Å². The van der Waals surface area contributed by atoms with Gasteiger partial charge < -0.3 is 14.5 Å². The largest absolute Gasteiger partial charge is 0.497 e. The maximum atomic E-state index is 12.9. The number of halogens is 2. The molecule has 31 heavy (non-hydrogen) atoms. The Morgan fingerprint density at radius 3 is 2.10 bits per heavy atom. The molecule has 1 saturated heterocycles. The lowest BCUT2D eigenvalue weighted by atomic mass is 10.1. The van der Waals surface area contributed by atoms with Gasteiger partial charge in [0.1, 0.15) is 16.5 Å². The third-order valence-electron chi connectivity index (χ3n) is 5.02. The lowest BCUT2D eigenvalue weighted by Crippen LogP contribution is -2.50. The van der Waals surface area contributed by atoms with Crippen LogP contribution < -0.4 is 4.74 Å². The fourth-order valence-electron chi connectivity index (χ4n) is 3.37. The molecule has 0 saturated carbocycles. The second-order valence-corrected chi connectivity index (χ2v) is 8.74. The molecular weight excluding hydrogens is 457 g/mol. The minimum absolute atomic E-state index is 0.131. The van der Waals surface area contributed by atoms with Gasteiger partial charge in [-0.2, -0.15) is 0 Å². The van der Waals surface area contributed by atoms with Gasteiger partial charge in [-0.1, -0.05) is 23.2 Å². The number of amides is 2. The van der Waals surface area contributed by atoms with Crippen molar-refractivity contribution in [2.75, 3.05) is 33.3 Å². The maximum Gasteiger partial charge on any atom is 0.273 e. The molecule has 0 spiro atoms. The van der Waals surface area contributed by atoms with Crippen molar-refractivity contribution in [2.24, 2.45) is 0 Å². The second kappa shape index (κ2) is 9.26. The fourth-order valence-corrected chi connectivity index (χ4v) is 4.70. The van der Waals surface area contributed by atoms with Gasteiger partial charge in [-0.3, -0.25) is 9.59 Å². The van der Waals surface area contributed by atoms with Crippen molar-refractivity contribution in [1.82, 2.24) is 14.8 Å². The third-order valence-corrected chi connectivity index (χ3v) is 6.35. The van der Waals surface area contributed by atoms with Crippen molar-refractivity contribution < 1.29 is 14.3 Å². The van der Waals surface area contributed by atoms with Crippen LogP contribution in [0.4, 0.5) is 0 Å². The number of aromatic nitrogens is 1. The summed E-state index contributed by atoms with van der Waals surface area (Å²) in [7, 11) is 1.62. The molecule has 9 heteroatoms. The number of methoxy groups -OCH3 is 1. The second-order valence-electron chi connectivity index (χ2n) is 7.01. The Kier molecular flexibility index (Phi) is 6.46. The molecule has 1 aliphatic rings. The molecule has 1 fully saturated rings. The number of ether oxygens (including phenoxy) is 1. The standard InChI is InChI=1S/C22H19Cl2N3O3S/c1-30-18-4-2-14(3-5-18)20-25-19(13-31-20)22(29)27-8-6-26(7-9-27)21(28)15-10-16(23)12-17(24)11-15/h2-5,10-13H,6-9H2,1H3. The molecule has 0 aliphatic carbocycles. The van der Waals surface area contributed by atoms with Crippen LogP contribution in [0.25, 0.3) is 10.6 Å². The molecule has 6 nitrogen and oxygen atoms in total. The highest BCUT2D eigenvalue weighted by atomic mass is 35.5. The number of hydrogen-bond acceptors (Lipinski definition) is 5. The van der Waals surface area contributed by atoms with E-state index in [0.29, 0.717) is 47.5 Å². The first-order chi connectivity index (χ1) is 14.9. The summed E-state index contributed by atoms with van der Waals surface area (Å²) in [6.45, 7) is 1.75. The average molecular weight is 476 g/mol. The van der Waals surface area contributed by atoms with Crippen molar-refractivity contribution in [3.05, 3.63) is 69.1 Å². The number of piperazine rings is 1. The molecule has 0 radical (unpaired) electrons. The first kappa shape index (κ1) is 21.6. The highest BCUT2D eigenvalue weighted by Crippen LogP contribution is 2.26. The molecule has 2 amide bonds. The van der Waals surface area contributed by atoms with Gasteiger partial charge in [0.05, 0.1) is 7.11 Å². The van der Waals surface area contributed by atoms with Crippen LogP contribution in [0.2, 0.25) is 10.0 Å². The topological polar surface area (TPSA) is 62.7 Å². The van der Waals surface area contributed by atoms with E-state index in [1.165, 1.54) is 11.3 Å². The zero-order chi connectivity index (χ0) is 22.0. The molecule has 4 rings (SSSR count). The Hall–Kier alpha value is -2.61. The highest BCUT2D eigenvalue weighted by molar-refractivity contribution is 7.13. The Labute approximate surface area is 194 Å². The Morgan fingerprint density at radius 1 is 0.935 bits per heavy atom. The van der Waals surface area contributed by atoms with Crippen LogP contribution in [0.15, 0.2) is 47.8 Å². The lowest BCUT2D eigenvalue weighted by Gasteiger charge is -2.34. The van der Waals surface area contributed by atoms with Gasteiger partial charge in [-0.15, -0.1) is 11.3 Å². The molecule has 3 aromatic rings. The van der Waals surface area contributed by atoms with Crippen molar-refractivity contribution in [1.29, 1.82) is 0 Å². The van der Waals surface area contributed by atoms with Crippen LogP contribution in [-0.2, 0) is 0 Å². The third kappa shape index (κ3) is 4.84. The van der Waals surface area contributed by atoms with Crippen LogP contribution in [0.5, 0.6) is 5.75 Å². The van der Waals surface area contributed by atoms with Crippen LogP contribution >= 0.6 is 34.5 Å². The van der Waals surface area contributed by atoms with Crippen molar-refractivity contribution in [3.8, 4) is 16.3 Å². The molecule has 2 aromatic carbocycles. The first-order valence-corrected chi connectivity index (χ1v) is 11.2. The van der Waals surface area contributed by atoms with Crippen LogP contribution in [0.1, 0.15) is 20.8 Å². The van der Waals surface area contributed by atoms with Gasteiger partial charge in [-0.05, 0) is 42.5 Å². The average Bonchev–Trinajstić information content (AvgIpc) is 3.28. The SMILES string of the molecule is COc1ccc(-c2nc(C(=O)N3CCN(C(=O)c4cc(Cl)cc(Cl)c4)CC3)cs2)cc1. The van der Waals surface area contributed by atoms with Gasteiger partial charge in [0.2, 0.25) is 0 Å². The summed E-state index contributed by atoms with van der Waals surface area (Å²) in [4.78, 5) is 33.6. The zero-order valence-corrected chi connectivity index (χ0v) is 19.0. The monoisotopic (exact) mass is 475 g/mol.